The molecule has 0 radical (unpaired) electrons. The minimum Gasteiger partial charge on any atom is -0.491 e. The summed E-state index contributed by atoms with van der Waals surface area (Å²) in [5, 5.41) is 14.3. The number of nitrogens with one attached hydrogen (secondary N) is 2. The number of pyridine rings is 2. The normalized spacial score (nSPS) is 18.8. The zero-order valence-corrected chi connectivity index (χ0v) is 13.4. The van der Waals surface area contributed by atoms with Crippen molar-refractivity contribution in [3.63, 3.8) is 0 Å². The molecule has 1 saturated heterocycles. The summed E-state index contributed by atoms with van der Waals surface area (Å²) in [5.74, 6) is 0.778. The van der Waals surface area contributed by atoms with Gasteiger partial charge in [0.2, 0.25) is 0 Å². The van der Waals surface area contributed by atoms with Gasteiger partial charge in [0.05, 0.1) is 23.1 Å². The first-order valence-corrected chi connectivity index (χ1v) is 7.96. The minimum atomic E-state index is 0.337. The average Bonchev–Trinajstić information content (AvgIpc) is 2.99. The molecule has 1 aliphatic heterocycles. The highest BCUT2D eigenvalue weighted by molar-refractivity contribution is 6.09. The number of hydrogen-bond acceptors (Lipinski definition) is 6. The highest BCUT2D eigenvalue weighted by atomic mass is 16.5. The predicted molar refractivity (Wildman–Crippen MR) is 90.9 cm³/mol. The maximum Gasteiger partial charge on any atom is 0.142 e. The van der Waals surface area contributed by atoms with E-state index in [-0.39, 0.29) is 0 Å². The lowest BCUT2D eigenvalue weighted by Gasteiger charge is -2.32. The molecule has 1 fully saturated rings. The Labute approximate surface area is 139 Å². The van der Waals surface area contributed by atoms with Crippen molar-refractivity contribution in [1.29, 1.82) is 5.26 Å². The monoisotopic (exact) mass is 322 g/mol. The summed E-state index contributed by atoms with van der Waals surface area (Å²) in [7, 11) is 2.12. The molecular weight excluding hydrogens is 304 g/mol. The van der Waals surface area contributed by atoms with Crippen LogP contribution in [0.25, 0.3) is 21.9 Å². The summed E-state index contributed by atoms with van der Waals surface area (Å²) in [6.45, 7) is 3.55. The summed E-state index contributed by atoms with van der Waals surface area (Å²) in [4.78, 5) is 14.0. The van der Waals surface area contributed by atoms with Crippen LogP contribution in [0, 0.1) is 11.3 Å². The van der Waals surface area contributed by atoms with Crippen molar-refractivity contribution >= 4 is 21.9 Å². The predicted octanol–water partition coefficient (Wildman–Crippen LogP) is 1.27. The molecule has 1 unspecified atom stereocenters. The van der Waals surface area contributed by atoms with E-state index >= 15 is 0 Å². The first-order valence-electron chi connectivity index (χ1n) is 7.96. The van der Waals surface area contributed by atoms with Crippen molar-refractivity contribution in [3.05, 3.63) is 30.2 Å². The highest BCUT2D eigenvalue weighted by Gasteiger charge is 2.20. The van der Waals surface area contributed by atoms with Gasteiger partial charge < -0.3 is 15.0 Å². The van der Waals surface area contributed by atoms with Gasteiger partial charge in [-0.3, -0.25) is 4.90 Å². The van der Waals surface area contributed by atoms with E-state index in [0.717, 1.165) is 47.3 Å². The number of hydrogen-bond donors (Lipinski definition) is 2. The number of H-pyrrole nitrogens is 1. The van der Waals surface area contributed by atoms with Gasteiger partial charge in [0.15, 0.2) is 0 Å². The average molecular weight is 322 g/mol. The minimum absolute atomic E-state index is 0.337. The van der Waals surface area contributed by atoms with Gasteiger partial charge in [-0.1, -0.05) is 0 Å². The smallest absolute Gasteiger partial charge is 0.142 e. The summed E-state index contributed by atoms with van der Waals surface area (Å²) < 4.78 is 6.12. The Morgan fingerprint density at radius 1 is 1.46 bits per heavy atom. The van der Waals surface area contributed by atoms with Gasteiger partial charge in [-0.05, 0) is 19.2 Å². The van der Waals surface area contributed by atoms with Gasteiger partial charge in [0.25, 0.3) is 0 Å². The third-order valence-corrected chi connectivity index (χ3v) is 4.53. The number of aromatic amines is 1. The van der Waals surface area contributed by atoms with Crippen LogP contribution < -0.4 is 10.1 Å². The maximum absolute atomic E-state index is 9.10. The topological polar surface area (TPSA) is 89.9 Å². The van der Waals surface area contributed by atoms with E-state index in [9.17, 15) is 0 Å². The van der Waals surface area contributed by atoms with Crippen LogP contribution in [-0.2, 0) is 0 Å². The second kappa shape index (κ2) is 6.07. The molecule has 7 nitrogen and oxygen atoms in total. The molecule has 1 aliphatic rings. The lowest BCUT2D eigenvalue weighted by Crippen LogP contribution is -2.51. The molecule has 3 aromatic rings. The summed E-state index contributed by atoms with van der Waals surface area (Å²) >= 11 is 0. The van der Waals surface area contributed by atoms with E-state index in [4.69, 9.17) is 10.00 Å². The molecule has 4 rings (SSSR count). The molecule has 0 aliphatic carbocycles. The molecule has 0 spiro atoms. The van der Waals surface area contributed by atoms with Crippen molar-refractivity contribution in [3.8, 4) is 11.8 Å². The second-order valence-corrected chi connectivity index (χ2v) is 6.03. The fourth-order valence-corrected chi connectivity index (χ4v) is 3.10. The van der Waals surface area contributed by atoms with Crippen LogP contribution in [-0.4, -0.2) is 59.2 Å². The first-order chi connectivity index (χ1) is 11.8. The molecule has 0 bridgehead atoms. The van der Waals surface area contributed by atoms with Crippen molar-refractivity contribution < 1.29 is 4.74 Å². The van der Waals surface area contributed by atoms with Gasteiger partial charge in [-0.25, -0.2) is 9.97 Å². The summed E-state index contributed by atoms with van der Waals surface area (Å²) in [5.41, 5.74) is 1.98. The number of likely N-dealkylation sites (N-methyl/N-ethyl adjacent to an activating group) is 1. The standard InChI is InChI=1S/C17H18N6O/c1-23-5-4-19-8-12(23)10-24-15-2-3-20-17-16(15)13-6-11(7-18)21-9-14(13)22-17/h2-3,6,9,12,19H,4-5,8,10H2,1H3,(H,20,22). The molecule has 2 N–H and O–H groups in total. The Bertz CT molecular complexity index is 928. The number of piperazine rings is 1. The molecule has 7 heteroatoms. The largest absolute Gasteiger partial charge is 0.491 e. The maximum atomic E-state index is 9.10. The lowest BCUT2D eigenvalue weighted by atomic mass is 10.2. The zero-order valence-electron chi connectivity index (χ0n) is 13.4. The van der Waals surface area contributed by atoms with E-state index < -0.39 is 0 Å². The Balaban J connectivity index is 1.71. The van der Waals surface area contributed by atoms with Crippen LogP contribution >= 0.6 is 0 Å². The van der Waals surface area contributed by atoms with Gasteiger partial charge >= 0.3 is 0 Å². The third-order valence-electron chi connectivity index (χ3n) is 4.53. The first kappa shape index (κ1) is 14.9. The zero-order chi connectivity index (χ0) is 16.5. The van der Waals surface area contributed by atoms with E-state index in [2.05, 4.69) is 38.3 Å². The molecule has 0 saturated carbocycles. The number of nitrogens with zero attached hydrogens (tertiary/aromatic N) is 4. The van der Waals surface area contributed by atoms with Crippen LogP contribution in [0.5, 0.6) is 5.75 Å². The number of nitriles is 1. The molecular formula is C17H18N6O. The molecule has 4 heterocycles. The van der Waals surface area contributed by atoms with E-state index in [1.807, 2.05) is 6.07 Å². The van der Waals surface area contributed by atoms with Crippen LogP contribution in [0.1, 0.15) is 5.69 Å². The fourth-order valence-electron chi connectivity index (χ4n) is 3.10. The molecule has 3 aromatic heterocycles. The van der Waals surface area contributed by atoms with Crippen molar-refractivity contribution in [2.45, 2.75) is 6.04 Å². The highest BCUT2D eigenvalue weighted by Crippen LogP contribution is 2.32. The Morgan fingerprint density at radius 2 is 2.38 bits per heavy atom. The van der Waals surface area contributed by atoms with Gasteiger partial charge in [0, 0.05) is 31.2 Å². The molecule has 1 atom stereocenters. The SMILES string of the molecule is CN1CCNCC1COc1ccnc2[nH]c3cnc(C#N)cc3c12. The molecule has 0 aromatic carbocycles. The van der Waals surface area contributed by atoms with E-state index in [1.54, 1.807) is 18.5 Å². The van der Waals surface area contributed by atoms with Crippen LogP contribution in [0.2, 0.25) is 0 Å². The number of ether oxygens (including phenoxy) is 1. The third kappa shape index (κ3) is 2.56. The van der Waals surface area contributed by atoms with Crippen molar-refractivity contribution in [2.75, 3.05) is 33.3 Å². The Hall–Kier alpha value is -2.69. The number of aromatic nitrogens is 3. The van der Waals surface area contributed by atoms with Gasteiger partial charge in [-0.15, -0.1) is 0 Å². The van der Waals surface area contributed by atoms with Crippen LogP contribution in [0.15, 0.2) is 24.5 Å². The Morgan fingerprint density at radius 3 is 3.21 bits per heavy atom. The van der Waals surface area contributed by atoms with Gasteiger partial charge in [0.1, 0.15) is 29.8 Å². The van der Waals surface area contributed by atoms with Gasteiger partial charge in [-0.2, -0.15) is 5.26 Å². The van der Waals surface area contributed by atoms with E-state index in [1.165, 1.54) is 0 Å². The van der Waals surface area contributed by atoms with Crippen LogP contribution in [0.4, 0.5) is 0 Å². The molecule has 0 amide bonds. The van der Waals surface area contributed by atoms with Crippen molar-refractivity contribution in [2.24, 2.45) is 0 Å². The molecule has 24 heavy (non-hydrogen) atoms. The fraction of sp³-hybridized carbons (Fsp3) is 0.353. The molecule has 122 valence electrons. The summed E-state index contributed by atoms with van der Waals surface area (Å²) in [6.07, 6.45) is 3.40. The second-order valence-electron chi connectivity index (χ2n) is 6.03. The van der Waals surface area contributed by atoms with Crippen LogP contribution in [0.3, 0.4) is 0 Å². The lowest BCUT2D eigenvalue weighted by molar-refractivity contribution is 0.137. The summed E-state index contributed by atoms with van der Waals surface area (Å²) in [6, 6.07) is 6.07. The van der Waals surface area contributed by atoms with E-state index in [0.29, 0.717) is 18.3 Å². The quantitative estimate of drug-likeness (QED) is 0.755. The Kier molecular flexibility index (Phi) is 3.76. The van der Waals surface area contributed by atoms with Crippen molar-refractivity contribution in [1.82, 2.24) is 25.2 Å². The number of rotatable bonds is 3. The number of fused-ring (bicyclic) bond motifs is 3.